The second-order valence-corrected chi connectivity index (χ2v) is 8.38. The van der Waals surface area contributed by atoms with Gasteiger partial charge >= 0.3 is 0 Å². The van der Waals surface area contributed by atoms with Crippen molar-refractivity contribution in [2.45, 2.75) is 20.0 Å². The zero-order valence-corrected chi connectivity index (χ0v) is 20.1. The molecule has 0 radical (unpaired) electrons. The summed E-state index contributed by atoms with van der Waals surface area (Å²) in [5, 5.41) is 7.08. The van der Waals surface area contributed by atoms with Gasteiger partial charge in [0, 0.05) is 24.0 Å². The molecule has 0 aliphatic carbocycles. The molecule has 0 bridgehead atoms. The zero-order valence-electron chi connectivity index (χ0n) is 20.1. The third kappa shape index (κ3) is 5.08. The quantitative estimate of drug-likeness (QED) is 0.362. The Morgan fingerprint density at radius 1 is 1.11 bits per heavy atom. The fourth-order valence-corrected chi connectivity index (χ4v) is 3.87. The third-order valence-corrected chi connectivity index (χ3v) is 5.76. The summed E-state index contributed by atoms with van der Waals surface area (Å²) >= 11 is 0. The standard InChI is InChI=1S/C27H22FN5O4/c1-16-6-11-21-24(35)22(27-31-25(32-37-27)18-4-3-5-19(28)12-18)14-33(26(21)30-16)15-23(34)29-13-17-7-9-20(36-2)10-8-17/h3-12,14H,13,15H2,1-2H3,(H,29,34). The van der Waals surface area contributed by atoms with Crippen molar-refractivity contribution in [2.24, 2.45) is 0 Å². The number of fused-ring (bicyclic) bond motifs is 1. The lowest BCUT2D eigenvalue weighted by atomic mass is 10.1. The van der Waals surface area contributed by atoms with Crippen molar-refractivity contribution in [1.29, 1.82) is 0 Å². The lowest BCUT2D eigenvalue weighted by Crippen LogP contribution is -2.28. The Labute approximate surface area is 210 Å². The summed E-state index contributed by atoms with van der Waals surface area (Å²) in [6.45, 7) is 2.03. The Morgan fingerprint density at radius 2 is 1.92 bits per heavy atom. The summed E-state index contributed by atoms with van der Waals surface area (Å²) in [5.74, 6) is 0.101. The average Bonchev–Trinajstić information content (AvgIpc) is 3.39. The van der Waals surface area contributed by atoms with Gasteiger partial charge in [0.2, 0.25) is 17.2 Å². The molecule has 37 heavy (non-hydrogen) atoms. The van der Waals surface area contributed by atoms with Crippen LogP contribution >= 0.6 is 0 Å². The van der Waals surface area contributed by atoms with Crippen LogP contribution in [-0.4, -0.2) is 32.7 Å². The van der Waals surface area contributed by atoms with E-state index >= 15 is 0 Å². The van der Waals surface area contributed by atoms with Crippen molar-refractivity contribution in [2.75, 3.05) is 7.11 Å². The maximum Gasteiger partial charge on any atom is 0.263 e. The molecule has 1 N–H and O–H groups in total. The van der Waals surface area contributed by atoms with Crippen molar-refractivity contribution < 1.29 is 18.4 Å². The molecule has 10 heteroatoms. The number of pyridine rings is 2. The maximum atomic E-state index is 13.6. The largest absolute Gasteiger partial charge is 0.497 e. The van der Waals surface area contributed by atoms with Gasteiger partial charge in [0.15, 0.2) is 0 Å². The molecule has 3 aromatic heterocycles. The topological polar surface area (TPSA) is 112 Å². The molecule has 1 amide bonds. The lowest BCUT2D eigenvalue weighted by molar-refractivity contribution is -0.121. The van der Waals surface area contributed by atoms with Crippen molar-refractivity contribution in [3.8, 4) is 28.6 Å². The number of ether oxygens (including phenoxy) is 1. The Hall–Kier alpha value is -4.86. The van der Waals surface area contributed by atoms with Crippen LogP contribution in [0.15, 0.2) is 76.2 Å². The summed E-state index contributed by atoms with van der Waals surface area (Å²) in [6.07, 6.45) is 1.48. The van der Waals surface area contributed by atoms with Gasteiger partial charge in [-0.2, -0.15) is 4.98 Å². The van der Waals surface area contributed by atoms with Gasteiger partial charge in [-0.15, -0.1) is 0 Å². The van der Waals surface area contributed by atoms with Gasteiger partial charge < -0.3 is 19.1 Å². The molecule has 5 aromatic rings. The van der Waals surface area contributed by atoms with E-state index < -0.39 is 5.82 Å². The molecule has 5 rings (SSSR count). The Balaban J connectivity index is 1.46. The predicted octanol–water partition coefficient (Wildman–Crippen LogP) is 3.89. The van der Waals surface area contributed by atoms with E-state index in [0.717, 1.165) is 11.3 Å². The smallest absolute Gasteiger partial charge is 0.263 e. The number of aryl methyl sites for hydroxylation is 1. The highest BCUT2D eigenvalue weighted by atomic mass is 19.1. The molecule has 9 nitrogen and oxygen atoms in total. The van der Waals surface area contributed by atoms with Crippen LogP contribution in [0, 0.1) is 12.7 Å². The number of carbonyl (C=O) groups excluding carboxylic acids is 1. The summed E-state index contributed by atoms with van der Waals surface area (Å²) in [7, 11) is 1.59. The number of halogens is 1. The van der Waals surface area contributed by atoms with Gasteiger partial charge in [-0.1, -0.05) is 29.4 Å². The number of hydrogen-bond acceptors (Lipinski definition) is 7. The predicted molar refractivity (Wildman–Crippen MR) is 134 cm³/mol. The van der Waals surface area contributed by atoms with Crippen LogP contribution in [0.4, 0.5) is 4.39 Å². The second-order valence-electron chi connectivity index (χ2n) is 8.38. The average molecular weight is 500 g/mol. The minimum Gasteiger partial charge on any atom is -0.497 e. The van der Waals surface area contributed by atoms with Gasteiger partial charge in [-0.25, -0.2) is 9.37 Å². The van der Waals surface area contributed by atoms with E-state index in [-0.39, 0.29) is 35.2 Å². The summed E-state index contributed by atoms with van der Waals surface area (Å²) in [4.78, 5) is 34.9. The Bertz CT molecular complexity index is 1660. The monoisotopic (exact) mass is 499 g/mol. The minimum atomic E-state index is -0.445. The van der Waals surface area contributed by atoms with Crippen molar-refractivity contribution in [3.05, 3.63) is 94.2 Å². The van der Waals surface area contributed by atoms with E-state index in [1.54, 1.807) is 36.8 Å². The first-order valence-electron chi connectivity index (χ1n) is 11.4. The number of methoxy groups -OCH3 is 1. The van der Waals surface area contributed by atoms with E-state index in [9.17, 15) is 14.0 Å². The van der Waals surface area contributed by atoms with Crippen molar-refractivity contribution in [3.63, 3.8) is 0 Å². The highest BCUT2D eigenvalue weighted by Gasteiger charge is 2.19. The molecule has 0 aliphatic rings. The van der Waals surface area contributed by atoms with Gasteiger partial charge in [0.1, 0.15) is 29.3 Å². The molecular weight excluding hydrogens is 477 g/mol. The number of amides is 1. The number of nitrogens with zero attached hydrogens (tertiary/aromatic N) is 4. The van der Waals surface area contributed by atoms with Crippen LogP contribution in [0.1, 0.15) is 11.3 Å². The van der Waals surface area contributed by atoms with Gasteiger partial charge in [0.25, 0.3) is 5.89 Å². The molecule has 0 fully saturated rings. The van der Waals surface area contributed by atoms with E-state index in [0.29, 0.717) is 28.8 Å². The number of hydrogen-bond donors (Lipinski definition) is 1. The summed E-state index contributed by atoms with van der Waals surface area (Å²) < 4.78 is 25.7. The summed E-state index contributed by atoms with van der Waals surface area (Å²) in [5.41, 5.74) is 2.11. The number of rotatable bonds is 7. The fraction of sp³-hybridized carbons (Fsp3) is 0.148. The van der Waals surface area contributed by atoms with Crippen LogP contribution in [-0.2, 0) is 17.9 Å². The SMILES string of the molecule is COc1ccc(CNC(=O)Cn2cc(-c3nc(-c4cccc(F)c4)no3)c(=O)c3ccc(C)nc32)cc1. The van der Waals surface area contributed by atoms with Crippen LogP contribution in [0.3, 0.4) is 0 Å². The lowest BCUT2D eigenvalue weighted by Gasteiger charge is -2.12. The first-order chi connectivity index (χ1) is 17.9. The third-order valence-electron chi connectivity index (χ3n) is 5.76. The first-order valence-corrected chi connectivity index (χ1v) is 11.4. The Kier molecular flexibility index (Phi) is 6.46. The van der Waals surface area contributed by atoms with E-state index in [2.05, 4.69) is 20.4 Å². The molecule has 2 aromatic carbocycles. The summed E-state index contributed by atoms with van der Waals surface area (Å²) in [6, 6.07) is 16.5. The van der Waals surface area contributed by atoms with Gasteiger partial charge in [0.05, 0.1) is 12.5 Å². The zero-order chi connectivity index (χ0) is 25.9. The molecule has 186 valence electrons. The molecule has 0 atom stereocenters. The molecule has 0 unspecified atom stereocenters. The van der Waals surface area contributed by atoms with Gasteiger partial charge in [-0.05, 0) is 48.9 Å². The molecular formula is C27H22FN5O4. The van der Waals surface area contributed by atoms with Crippen LogP contribution in [0.5, 0.6) is 5.75 Å². The highest BCUT2D eigenvalue weighted by molar-refractivity contribution is 5.83. The number of aromatic nitrogens is 4. The highest BCUT2D eigenvalue weighted by Crippen LogP contribution is 2.23. The normalized spacial score (nSPS) is 11.0. The van der Waals surface area contributed by atoms with Crippen LogP contribution in [0.2, 0.25) is 0 Å². The molecule has 0 saturated heterocycles. The first kappa shape index (κ1) is 23.9. The van der Waals surface area contributed by atoms with Crippen molar-refractivity contribution in [1.82, 2.24) is 25.0 Å². The maximum absolute atomic E-state index is 13.6. The van der Waals surface area contributed by atoms with E-state index in [1.165, 1.54) is 24.4 Å². The van der Waals surface area contributed by atoms with Gasteiger partial charge in [-0.3, -0.25) is 9.59 Å². The van der Waals surface area contributed by atoms with E-state index in [1.807, 2.05) is 24.3 Å². The number of carbonyl (C=O) groups is 1. The van der Waals surface area contributed by atoms with Crippen molar-refractivity contribution >= 4 is 16.9 Å². The number of nitrogens with one attached hydrogen (secondary N) is 1. The minimum absolute atomic E-state index is 0.0425. The molecule has 0 spiro atoms. The van der Waals surface area contributed by atoms with Crippen LogP contribution < -0.4 is 15.5 Å². The Morgan fingerprint density at radius 3 is 2.68 bits per heavy atom. The van der Waals surface area contributed by atoms with E-state index in [4.69, 9.17) is 9.26 Å². The second kappa shape index (κ2) is 10.0. The fourth-order valence-electron chi connectivity index (χ4n) is 3.87. The van der Waals surface area contributed by atoms with Crippen LogP contribution in [0.25, 0.3) is 33.9 Å². The molecule has 0 saturated carbocycles. The molecule has 3 heterocycles. The molecule has 0 aliphatic heterocycles. The number of benzene rings is 2.